The molecule has 0 spiro atoms. The quantitative estimate of drug-likeness (QED) is 0.178. The second kappa shape index (κ2) is 9.70. The van der Waals surface area contributed by atoms with Crippen LogP contribution in [0.1, 0.15) is 40.8 Å². The molecule has 2 aliphatic rings. The molecule has 4 heterocycles. The first-order chi connectivity index (χ1) is 18.7. The van der Waals surface area contributed by atoms with Gasteiger partial charge in [0.15, 0.2) is 35.1 Å². The standard InChI is InChI=1S/C27H23FIN5O5/c1-26(2)37-19-20(38-26)27(28,13-29)39-25(19)33-15-32-18-21(33)30-14-31-22(18)34(23(35)16-9-5-3-6-10-16)24(36)17-11-7-4-8-12-17/h3-12,14-15,19-20,25H,13H2,1-2H3/t19-,20+,25-,27-/m1/s1. The highest BCUT2D eigenvalue weighted by Gasteiger charge is 2.64. The fraction of sp³-hybridized carbons (Fsp3) is 0.296. The summed E-state index contributed by atoms with van der Waals surface area (Å²) in [5.74, 6) is -4.30. The Labute approximate surface area is 236 Å². The van der Waals surface area contributed by atoms with Crippen molar-refractivity contribution in [3.8, 4) is 0 Å². The summed E-state index contributed by atoms with van der Waals surface area (Å²) in [6, 6.07) is 16.8. The first-order valence-electron chi connectivity index (χ1n) is 12.2. The number of amides is 2. The lowest BCUT2D eigenvalue weighted by Crippen LogP contribution is -2.40. The number of imide groups is 1. The summed E-state index contributed by atoms with van der Waals surface area (Å²) in [4.78, 5) is 41.5. The summed E-state index contributed by atoms with van der Waals surface area (Å²) in [6.07, 6.45) is -0.0842. The molecule has 0 bridgehead atoms. The Morgan fingerprint density at radius 3 is 2.15 bits per heavy atom. The normalized spacial score (nSPS) is 25.5. The number of aromatic nitrogens is 4. The minimum atomic E-state index is -2.10. The average molecular weight is 643 g/mol. The smallest absolute Gasteiger partial charge is 0.266 e. The molecule has 0 aliphatic carbocycles. The minimum Gasteiger partial charge on any atom is -0.340 e. The Hall–Kier alpha value is -3.33. The number of ether oxygens (including phenoxy) is 3. The molecule has 0 radical (unpaired) electrons. The average Bonchev–Trinajstić information content (AvgIpc) is 3.60. The van der Waals surface area contributed by atoms with Crippen LogP contribution in [-0.4, -0.2) is 59.6 Å². The number of hydrogen-bond donors (Lipinski definition) is 0. The van der Waals surface area contributed by atoms with Crippen molar-refractivity contribution in [1.29, 1.82) is 0 Å². The summed E-state index contributed by atoms with van der Waals surface area (Å²) >= 11 is 1.91. The van der Waals surface area contributed by atoms with Gasteiger partial charge in [-0.3, -0.25) is 14.2 Å². The zero-order chi connectivity index (χ0) is 27.4. The van der Waals surface area contributed by atoms with Crippen molar-refractivity contribution in [2.75, 3.05) is 9.33 Å². The van der Waals surface area contributed by atoms with Crippen molar-refractivity contribution in [2.24, 2.45) is 0 Å². The number of halogens is 2. The number of carbonyl (C=O) groups excluding carboxylic acids is 2. The van der Waals surface area contributed by atoms with E-state index >= 15 is 4.39 Å². The Balaban J connectivity index is 1.46. The number of benzene rings is 2. The number of hydrogen-bond acceptors (Lipinski definition) is 8. The van der Waals surface area contributed by atoms with Crippen LogP contribution in [0.3, 0.4) is 0 Å². The van der Waals surface area contributed by atoms with E-state index in [1.54, 1.807) is 74.5 Å². The van der Waals surface area contributed by atoms with E-state index in [0.717, 1.165) is 4.90 Å². The molecule has 39 heavy (non-hydrogen) atoms. The zero-order valence-electron chi connectivity index (χ0n) is 20.9. The van der Waals surface area contributed by atoms with Crippen LogP contribution in [0, 0.1) is 0 Å². The molecule has 200 valence electrons. The molecule has 2 fully saturated rings. The van der Waals surface area contributed by atoms with E-state index in [9.17, 15) is 9.59 Å². The molecule has 2 aliphatic heterocycles. The van der Waals surface area contributed by atoms with E-state index in [-0.39, 0.29) is 32.5 Å². The van der Waals surface area contributed by atoms with Gasteiger partial charge in [-0.2, -0.15) is 0 Å². The first-order valence-corrected chi connectivity index (χ1v) is 13.7. The fourth-order valence-corrected chi connectivity index (χ4v) is 5.50. The number of anilines is 1. The van der Waals surface area contributed by atoms with Crippen LogP contribution in [0.5, 0.6) is 0 Å². The molecule has 4 aromatic rings. The predicted molar refractivity (Wildman–Crippen MR) is 146 cm³/mol. The molecule has 2 saturated heterocycles. The Morgan fingerprint density at radius 2 is 1.56 bits per heavy atom. The van der Waals surface area contributed by atoms with Gasteiger partial charge < -0.3 is 14.2 Å². The Bertz CT molecular complexity index is 1500. The van der Waals surface area contributed by atoms with E-state index in [1.807, 2.05) is 22.6 Å². The third kappa shape index (κ3) is 4.40. The van der Waals surface area contributed by atoms with E-state index in [0.29, 0.717) is 0 Å². The molecule has 0 saturated carbocycles. The van der Waals surface area contributed by atoms with Gasteiger partial charge >= 0.3 is 0 Å². The number of nitrogens with zero attached hydrogens (tertiary/aromatic N) is 5. The molecule has 6 rings (SSSR count). The van der Waals surface area contributed by atoms with E-state index in [2.05, 4.69) is 15.0 Å². The number of fused-ring (bicyclic) bond motifs is 2. The van der Waals surface area contributed by atoms with Crippen LogP contribution in [0.15, 0.2) is 73.3 Å². The molecule has 4 atom stereocenters. The molecule has 12 heteroatoms. The molecule has 10 nitrogen and oxygen atoms in total. The summed E-state index contributed by atoms with van der Waals surface area (Å²) < 4.78 is 35.0. The van der Waals surface area contributed by atoms with Crippen LogP contribution in [0.25, 0.3) is 11.2 Å². The van der Waals surface area contributed by atoms with E-state index in [4.69, 9.17) is 14.2 Å². The Kier molecular flexibility index (Phi) is 6.44. The molecule has 0 unspecified atom stereocenters. The largest absolute Gasteiger partial charge is 0.340 e. The minimum absolute atomic E-state index is 0.0136. The van der Waals surface area contributed by atoms with Crippen molar-refractivity contribution in [1.82, 2.24) is 19.5 Å². The summed E-state index contributed by atoms with van der Waals surface area (Å²) in [5.41, 5.74) is 0.979. The van der Waals surface area contributed by atoms with Crippen molar-refractivity contribution < 1.29 is 28.2 Å². The highest BCUT2D eigenvalue weighted by molar-refractivity contribution is 14.1. The van der Waals surface area contributed by atoms with Crippen molar-refractivity contribution >= 4 is 51.4 Å². The summed E-state index contributed by atoms with van der Waals surface area (Å²) in [7, 11) is 0. The number of alkyl halides is 2. The third-order valence-corrected chi connectivity index (χ3v) is 7.65. The second-order valence-electron chi connectivity index (χ2n) is 9.65. The van der Waals surface area contributed by atoms with Gasteiger partial charge in [-0.25, -0.2) is 24.2 Å². The van der Waals surface area contributed by atoms with Gasteiger partial charge in [0.2, 0.25) is 5.85 Å². The maximum absolute atomic E-state index is 15.8. The highest BCUT2D eigenvalue weighted by Crippen LogP contribution is 2.50. The van der Waals surface area contributed by atoms with Crippen LogP contribution in [0.2, 0.25) is 0 Å². The second-order valence-corrected chi connectivity index (χ2v) is 10.4. The summed E-state index contributed by atoms with van der Waals surface area (Å²) in [6.45, 7) is 3.43. The van der Waals surface area contributed by atoms with Crippen molar-refractivity contribution in [3.63, 3.8) is 0 Å². The van der Waals surface area contributed by atoms with Crippen LogP contribution in [0.4, 0.5) is 10.2 Å². The number of carbonyl (C=O) groups is 2. The lowest BCUT2D eigenvalue weighted by atomic mass is 10.1. The molecule has 0 N–H and O–H groups in total. The maximum Gasteiger partial charge on any atom is 0.266 e. The molecule has 2 amide bonds. The van der Waals surface area contributed by atoms with Gasteiger partial charge in [0.25, 0.3) is 11.8 Å². The number of imidazole rings is 1. The van der Waals surface area contributed by atoms with Gasteiger partial charge in [0.05, 0.1) is 10.8 Å². The number of rotatable bonds is 5. The van der Waals surface area contributed by atoms with Gasteiger partial charge in [-0.15, -0.1) is 0 Å². The topological polar surface area (TPSA) is 109 Å². The predicted octanol–water partition coefficient (Wildman–Crippen LogP) is 4.46. The Morgan fingerprint density at radius 1 is 0.949 bits per heavy atom. The van der Waals surface area contributed by atoms with Crippen LogP contribution < -0.4 is 4.90 Å². The van der Waals surface area contributed by atoms with Gasteiger partial charge in [-0.1, -0.05) is 59.0 Å². The lowest BCUT2D eigenvalue weighted by Gasteiger charge is -2.27. The van der Waals surface area contributed by atoms with Gasteiger partial charge in [0, 0.05) is 11.1 Å². The lowest BCUT2D eigenvalue weighted by molar-refractivity contribution is -0.245. The van der Waals surface area contributed by atoms with Crippen molar-refractivity contribution in [2.45, 2.75) is 43.9 Å². The SMILES string of the molecule is CC1(C)O[C@H]2[C@H](n3cnc4c(N(C(=O)c5ccccc5)C(=O)c5ccccc5)ncnc43)O[C@](F)(CI)[C@H]2O1. The van der Waals surface area contributed by atoms with Gasteiger partial charge in [0.1, 0.15) is 12.4 Å². The van der Waals surface area contributed by atoms with Crippen LogP contribution in [-0.2, 0) is 14.2 Å². The van der Waals surface area contributed by atoms with E-state index in [1.165, 1.54) is 17.2 Å². The summed E-state index contributed by atoms with van der Waals surface area (Å²) in [5, 5.41) is 0. The fourth-order valence-electron chi connectivity index (χ4n) is 4.88. The van der Waals surface area contributed by atoms with E-state index < -0.39 is 41.9 Å². The van der Waals surface area contributed by atoms with Gasteiger partial charge in [-0.05, 0) is 38.1 Å². The third-order valence-electron chi connectivity index (χ3n) is 6.61. The zero-order valence-corrected chi connectivity index (χ0v) is 23.1. The molecule has 2 aromatic carbocycles. The molecular formula is C27H23FIN5O5. The first kappa shape index (κ1) is 25.9. The molecule has 2 aromatic heterocycles. The van der Waals surface area contributed by atoms with Crippen molar-refractivity contribution in [3.05, 3.63) is 84.4 Å². The maximum atomic E-state index is 15.8. The van der Waals surface area contributed by atoms with Crippen LogP contribution >= 0.6 is 22.6 Å². The monoisotopic (exact) mass is 643 g/mol. The molecular weight excluding hydrogens is 620 g/mol. The highest BCUT2D eigenvalue weighted by atomic mass is 127.